The molecule has 1 saturated heterocycles. The van der Waals surface area contributed by atoms with Crippen molar-refractivity contribution in [2.24, 2.45) is 17.3 Å². The van der Waals surface area contributed by atoms with Crippen molar-refractivity contribution in [1.29, 1.82) is 0 Å². The third-order valence-electron chi connectivity index (χ3n) is 9.81. The van der Waals surface area contributed by atoms with E-state index in [-0.39, 0.29) is 23.5 Å². The molecule has 3 fully saturated rings. The number of fused-ring (bicyclic) bond motifs is 5. The van der Waals surface area contributed by atoms with E-state index in [2.05, 4.69) is 6.92 Å². The number of benzene rings is 1. The number of rotatable bonds is 6. The summed E-state index contributed by atoms with van der Waals surface area (Å²) in [5, 5.41) is 21.7. The van der Waals surface area contributed by atoms with Crippen molar-refractivity contribution < 1.29 is 57.8 Å². The zero-order chi connectivity index (χ0) is 31.2. The highest BCUT2D eigenvalue weighted by atomic mass is 16.7. The standard InChI is InChI=1S/C31H40O12/c1-14(32)39-24-25(40-15(2)33)27(41-16(3)34)30(43-26(24)29(37)38-5)42-23-13-22-21-8-6-17-12-18(35)7-9-19(17)20(21)10-11-31(22,4)28(23)36/h7,9,12,20-28,30,35-36H,6,8,10-11,13H2,1-5H3/t20-,21-,22+,23-,24+,25+,26+,27-,28-,30-,31+/m1/s1. The predicted molar refractivity (Wildman–Crippen MR) is 146 cm³/mol. The predicted octanol–water partition coefficient (Wildman–Crippen LogP) is 2.30. The third-order valence-corrected chi connectivity index (χ3v) is 9.81. The quantitative estimate of drug-likeness (QED) is 0.360. The number of esters is 4. The number of carbonyl (C=O) groups is 4. The van der Waals surface area contributed by atoms with Crippen molar-refractivity contribution in [3.8, 4) is 5.75 Å². The van der Waals surface area contributed by atoms with Gasteiger partial charge in [0.2, 0.25) is 0 Å². The lowest BCUT2D eigenvalue weighted by molar-refractivity contribution is -0.315. The van der Waals surface area contributed by atoms with Crippen LogP contribution >= 0.6 is 0 Å². The maximum atomic E-state index is 12.8. The second-order valence-electron chi connectivity index (χ2n) is 12.4. The first kappa shape index (κ1) is 31.2. The lowest BCUT2D eigenvalue weighted by Crippen LogP contribution is -2.64. The van der Waals surface area contributed by atoms with Crippen LogP contribution in [0.3, 0.4) is 0 Å². The lowest BCUT2D eigenvalue weighted by atomic mass is 9.55. The number of aryl methyl sites for hydroxylation is 1. The molecule has 1 heterocycles. The fourth-order valence-electron chi connectivity index (χ4n) is 8.02. The average molecular weight is 605 g/mol. The molecule has 0 amide bonds. The molecule has 5 rings (SSSR count). The molecule has 43 heavy (non-hydrogen) atoms. The van der Waals surface area contributed by atoms with E-state index in [1.807, 2.05) is 12.1 Å². The molecule has 0 spiro atoms. The average Bonchev–Trinajstić information content (AvgIpc) is 3.19. The molecular formula is C31H40O12. The number of hydrogen-bond acceptors (Lipinski definition) is 12. The Morgan fingerprint density at radius 2 is 1.60 bits per heavy atom. The summed E-state index contributed by atoms with van der Waals surface area (Å²) >= 11 is 0. The summed E-state index contributed by atoms with van der Waals surface area (Å²) in [6.07, 6.45) is -5.25. The second kappa shape index (κ2) is 12.0. The second-order valence-corrected chi connectivity index (χ2v) is 12.4. The number of aliphatic hydroxyl groups is 1. The number of phenolic OH excluding ortho intramolecular Hbond substituents is 1. The van der Waals surface area contributed by atoms with E-state index in [1.54, 1.807) is 6.07 Å². The normalized spacial score (nSPS) is 38.1. The molecule has 0 radical (unpaired) electrons. The van der Waals surface area contributed by atoms with Crippen molar-refractivity contribution in [3.05, 3.63) is 29.3 Å². The van der Waals surface area contributed by atoms with Gasteiger partial charge in [0, 0.05) is 20.8 Å². The van der Waals surface area contributed by atoms with E-state index in [1.165, 1.54) is 5.56 Å². The van der Waals surface area contributed by atoms with E-state index in [9.17, 15) is 29.4 Å². The first-order chi connectivity index (χ1) is 20.3. The minimum Gasteiger partial charge on any atom is -0.508 e. The molecule has 0 unspecified atom stereocenters. The largest absolute Gasteiger partial charge is 0.508 e. The van der Waals surface area contributed by atoms with Gasteiger partial charge in [0.05, 0.1) is 19.3 Å². The monoisotopic (exact) mass is 604 g/mol. The van der Waals surface area contributed by atoms with Crippen molar-refractivity contribution in [1.82, 2.24) is 0 Å². The van der Waals surface area contributed by atoms with Gasteiger partial charge in [0.25, 0.3) is 0 Å². The van der Waals surface area contributed by atoms with Crippen LogP contribution in [0.4, 0.5) is 0 Å². The summed E-state index contributed by atoms with van der Waals surface area (Å²) in [6, 6.07) is 5.57. The number of aliphatic hydroxyl groups excluding tert-OH is 1. The molecule has 2 saturated carbocycles. The highest BCUT2D eigenvalue weighted by Crippen LogP contribution is 2.61. The van der Waals surface area contributed by atoms with Crippen LogP contribution in [0.2, 0.25) is 0 Å². The molecular weight excluding hydrogens is 564 g/mol. The SMILES string of the molecule is COC(=O)[C@H]1O[C@@H](O[C@@H]2C[C@H]3[C@@H]4CCc5cc(O)ccc5[C@H]4CC[C@]3(C)[C@@H]2O)[C@H](OC(C)=O)[C@@H](OC(C)=O)[C@@H]1OC(C)=O. The fraction of sp³-hybridized carbons (Fsp3) is 0.677. The topological polar surface area (TPSA) is 164 Å². The molecule has 11 atom stereocenters. The minimum absolute atomic E-state index is 0.0958. The third kappa shape index (κ3) is 5.84. The maximum Gasteiger partial charge on any atom is 0.339 e. The maximum absolute atomic E-state index is 12.8. The summed E-state index contributed by atoms with van der Waals surface area (Å²) in [4.78, 5) is 49.1. The van der Waals surface area contributed by atoms with Crippen molar-refractivity contribution >= 4 is 23.9 Å². The smallest absolute Gasteiger partial charge is 0.339 e. The number of hydrogen-bond donors (Lipinski definition) is 2. The Morgan fingerprint density at radius 3 is 2.26 bits per heavy atom. The van der Waals surface area contributed by atoms with Crippen LogP contribution in [0.1, 0.15) is 70.4 Å². The highest BCUT2D eigenvalue weighted by molar-refractivity contribution is 5.77. The molecule has 12 heteroatoms. The van der Waals surface area contributed by atoms with E-state index in [0.29, 0.717) is 6.42 Å². The van der Waals surface area contributed by atoms with Gasteiger partial charge in [-0.15, -0.1) is 0 Å². The summed E-state index contributed by atoms with van der Waals surface area (Å²) in [6.45, 7) is 5.45. The molecule has 2 N–H and O–H groups in total. The molecule has 1 aromatic rings. The molecule has 0 aromatic heterocycles. The Balaban J connectivity index is 1.44. The number of ether oxygens (including phenoxy) is 6. The van der Waals surface area contributed by atoms with Crippen LogP contribution in [0, 0.1) is 17.3 Å². The van der Waals surface area contributed by atoms with Crippen LogP contribution in [0.5, 0.6) is 5.75 Å². The van der Waals surface area contributed by atoms with Gasteiger partial charge in [0.15, 0.2) is 30.7 Å². The van der Waals surface area contributed by atoms with E-state index < -0.39 is 72.2 Å². The van der Waals surface area contributed by atoms with Gasteiger partial charge in [-0.25, -0.2) is 4.79 Å². The zero-order valence-electron chi connectivity index (χ0n) is 25.0. The number of methoxy groups -OCH3 is 1. The van der Waals surface area contributed by atoms with Gasteiger partial charge in [-0.2, -0.15) is 0 Å². The van der Waals surface area contributed by atoms with Gasteiger partial charge in [0.1, 0.15) is 5.75 Å². The van der Waals surface area contributed by atoms with Crippen LogP contribution in [-0.2, 0) is 54.0 Å². The van der Waals surface area contributed by atoms with Crippen LogP contribution < -0.4 is 0 Å². The summed E-state index contributed by atoms with van der Waals surface area (Å²) in [5.74, 6) is -2.32. The summed E-state index contributed by atoms with van der Waals surface area (Å²) < 4.78 is 33.5. The van der Waals surface area contributed by atoms with Crippen LogP contribution in [0.15, 0.2) is 18.2 Å². The lowest BCUT2D eigenvalue weighted by Gasteiger charge is -2.49. The van der Waals surface area contributed by atoms with Gasteiger partial charge >= 0.3 is 23.9 Å². The summed E-state index contributed by atoms with van der Waals surface area (Å²) in [5.41, 5.74) is 1.93. The Labute approximate surface area is 249 Å². The van der Waals surface area contributed by atoms with Crippen molar-refractivity contribution in [2.75, 3.05) is 7.11 Å². The number of carbonyl (C=O) groups excluding carboxylic acids is 4. The molecule has 4 aliphatic rings. The first-order valence-corrected chi connectivity index (χ1v) is 14.7. The number of phenols is 1. The van der Waals surface area contributed by atoms with E-state index in [4.69, 9.17) is 28.4 Å². The Kier molecular flexibility index (Phi) is 8.75. The van der Waals surface area contributed by atoms with Crippen molar-refractivity contribution in [2.45, 2.75) is 109 Å². The van der Waals surface area contributed by atoms with Crippen LogP contribution in [-0.4, -0.2) is 84.1 Å². The minimum atomic E-state index is -1.57. The molecule has 12 nitrogen and oxygen atoms in total. The Bertz CT molecular complexity index is 1260. The van der Waals surface area contributed by atoms with Gasteiger partial charge in [-0.1, -0.05) is 13.0 Å². The molecule has 0 bridgehead atoms. The molecule has 236 valence electrons. The Morgan fingerprint density at radius 1 is 0.953 bits per heavy atom. The molecule has 1 aromatic carbocycles. The molecule has 1 aliphatic heterocycles. The zero-order valence-corrected chi connectivity index (χ0v) is 25.0. The summed E-state index contributed by atoms with van der Waals surface area (Å²) in [7, 11) is 1.12. The van der Waals surface area contributed by atoms with E-state index in [0.717, 1.165) is 59.1 Å². The van der Waals surface area contributed by atoms with Crippen LogP contribution in [0.25, 0.3) is 0 Å². The highest BCUT2D eigenvalue weighted by Gasteiger charge is 2.61. The van der Waals surface area contributed by atoms with Gasteiger partial charge in [-0.3, -0.25) is 14.4 Å². The number of aromatic hydroxyl groups is 1. The first-order valence-electron chi connectivity index (χ1n) is 14.7. The van der Waals surface area contributed by atoms with E-state index >= 15 is 0 Å². The molecule has 3 aliphatic carbocycles. The Hall–Kier alpha value is -3.22. The van der Waals surface area contributed by atoms with Gasteiger partial charge < -0.3 is 38.6 Å². The van der Waals surface area contributed by atoms with Crippen molar-refractivity contribution in [3.63, 3.8) is 0 Å². The fourth-order valence-corrected chi connectivity index (χ4v) is 8.02. The van der Waals surface area contributed by atoms with Gasteiger partial charge in [-0.05, 0) is 78.5 Å².